The summed E-state index contributed by atoms with van der Waals surface area (Å²) in [6.07, 6.45) is 0. The first-order valence-corrected chi connectivity index (χ1v) is 8.33. The van der Waals surface area contributed by atoms with Crippen LogP contribution in [0.3, 0.4) is 0 Å². The number of anilines is 2. The summed E-state index contributed by atoms with van der Waals surface area (Å²) in [7, 11) is 4.47. The lowest BCUT2D eigenvalue weighted by Crippen LogP contribution is -3.12. The molecule has 9 nitrogen and oxygen atoms in total. The minimum atomic E-state index is 0.495. The van der Waals surface area contributed by atoms with Gasteiger partial charge in [0, 0.05) is 0 Å². The van der Waals surface area contributed by atoms with Gasteiger partial charge < -0.3 is 19.6 Å². The van der Waals surface area contributed by atoms with Gasteiger partial charge >= 0.3 is 0 Å². The van der Waals surface area contributed by atoms with Gasteiger partial charge in [0.1, 0.15) is 0 Å². The summed E-state index contributed by atoms with van der Waals surface area (Å²) in [6.45, 7) is 8.41. The van der Waals surface area contributed by atoms with E-state index >= 15 is 0 Å². The zero-order chi connectivity index (χ0) is 15.8. The van der Waals surface area contributed by atoms with E-state index < -0.39 is 0 Å². The molecular formula is C14H24N8O+2. The molecule has 2 aliphatic heterocycles. The number of fused-ring (bicyclic) bond motifs is 1. The molecular weight excluding hydrogens is 296 g/mol. The molecule has 0 aliphatic carbocycles. The van der Waals surface area contributed by atoms with Crippen LogP contribution in [0.25, 0.3) is 11.3 Å². The van der Waals surface area contributed by atoms with Crippen molar-refractivity contribution in [3.63, 3.8) is 0 Å². The van der Waals surface area contributed by atoms with E-state index in [9.17, 15) is 0 Å². The number of nitrogens with one attached hydrogen (secondary N) is 2. The van der Waals surface area contributed by atoms with Crippen LogP contribution in [0.1, 0.15) is 0 Å². The molecule has 2 N–H and O–H groups in total. The SMILES string of the molecule is C[NH+]1CCN(c2nc3nonc3nc2N2CC[NH+](C)CC2)CC1. The van der Waals surface area contributed by atoms with Crippen molar-refractivity contribution in [1.82, 2.24) is 20.3 Å². The van der Waals surface area contributed by atoms with E-state index in [1.807, 2.05) is 0 Å². The third-order valence-electron chi connectivity index (χ3n) is 4.91. The van der Waals surface area contributed by atoms with Crippen molar-refractivity contribution in [3.8, 4) is 0 Å². The number of aromatic nitrogens is 4. The summed E-state index contributed by atoms with van der Waals surface area (Å²) in [4.78, 5) is 17.2. The molecule has 0 saturated carbocycles. The minimum Gasteiger partial charge on any atom is -0.342 e. The zero-order valence-corrected chi connectivity index (χ0v) is 13.7. The molecule has 23 heavy (non-hydrogen) atoms. The number of quaternary nitrogens is 2. The largest absolute Gasteiger partial charge is 0.342 e. The van der Waals surface area contributed by atoms with Crippen LogP contribution in [-0.4, -0.2) is 86.7 Å². The van der Waals surface area contributed by atoms with Crippen molar-refractivity contribution in [2.75, 3.05) is 76.3 Å². The number of hydrogen-bond donors (Lipinski definition) is 2. The Hall–Kier alpha value is -2.00. The van der Waals surface area contributed by atoms with E-state index in [0.717, 1.165) is 64.0 Å². The predicted octanol–water partition coefficient (Wildman–Crippen LogP) is -3.32. The Labute approximate surface area is 134 Å². The molecule has 4 heterocycles. The first-order chi connectivity index (χ1) is 11.2. The molecule has 2 aliphatic rings. The fraction of sp³-hybridized carbons (Fsp3) is 0.714. The molecule has 0 amide bonds. The summed E-state index contributed by atoms with van der Waals surface area (Å²) in [5.41, 5.74) is 0.990. The topological polar surface area (TPSA) is 80.1 Å². The summed E-state index contributed by atoms with van der Waals surface area (Å²) >= 11 is 0. The molecule has 0 unspecified atom stereocenters. The summed E-state index contributed by atoms with van der Waals surface area (Å²) < 4.78 is 4.81. The molecule has 2 aromatic heterocycles. The molecule has 2 fully saturated rings. The van der Waals surface area contributed by atoms with Gasteiger partial charge in [0.15, 0.2) is 11.6 Å². The summed E-state index contributed by atoms with van der Waals surface area (Å²) in [5, 5.41) is 7.75. The van der Waals surface area contributed by atoms with E-state index in [-0.39, 0.29) is 0 Å². The van der Waals surface area contributed by atoms with Gasteiger partial charge in [0.2, 0.25) is 11.3 Å². The zero-order valence-electron chi connectivity index (χ0n) is 13.7. The number of rotatable bonds is 2. The van der Waals surface area contributed by atoms with Crippen LogP contribution < -0.4 is 19.6 Å². The minimum absolute atomic E-state index is 0.495. The predicted molar refractivity (Wildman–Crippen MR) is 85.1 cm³/mol. The second-order valence-corrected chi connectivity index (χ2v) is 6.67. The fourth-order valence-corrected chi connectivity index (χ4v) is 3.25. The van der Waals surface area contributed by atoms with Gasteiger partial charge in [-0.25, -0.2) is 14.6 Å². The second-order valence-electron chi connectivity index (χ2n) is 6.67. The Bertz CT molecular complexity index is 616. The number of nitrogens with zero attached hydrogens (tertiary/aromatic N) is 6. The first-order valence-electron chi connectivity index (χ1n) is 8.33. The van der Waals surface area contributed by atoms with Crippen LogP contribution in [0, 0.1) is 0 Å². The van der Waals surface area contributed by atoms with Crippen LogP contribution in [0.4, 0.5) is 11.6 Å². The van der Waals surface area contributed by atoms with Crippen molar-refractivity contribution in [2.24, 2.45) is 0 Å². The molecule has 0 radical (unpaired) electrons. The monoisotopic (exact) mass is 320 g/mol. The van der Waals surface area contributed by atoms with E-state index in [0.29, 0.717) is 11.3 Å². The highest BCUT2D eigenvalue weighted by atomic mass is 16.6. The normalized spacial score (nSPS) is 21.3. The summed E-state index contributed by atoms with van der Waals surface area (Å²) in [5.74, 6) is 1.86. The van der Waals surface area contributed by atoms with Crippen molar-refractivity contribution in [2.45, 2.75) is 0 Å². The highest BCUT2D eigenvalue weighted by Crippen LogP contribution is 2.27. The lowest BCUT2D eigenvalue weighted by molar-refractivity contribution is -0.880. The number of likely N-dealkylation sites (N-methyl/N-ethyl adjacent to an activating group) is 2. The van der Waals surface area contributed by atoms with Crippen molar-refractivity contribution < 1.29 is 14.4 Å². The van der Waals surface area contributed by atoms with Crippen LogP contribution in [0.15, 0.2) is 4.63 Å². The quantitative estimate of drug-likeness (QED) is 0.599. The highest BCUT2D eigenvalue weighted by Gasteiger charge is 2.28. The van der Waals surface area contributed by atoms with Gasteiger partial charge in [-0.1, -0.05) is 0 Å². The van der Waals surface area contributed by atoms with E-state index in [4.69, 9.17) is 14.6 Å². The molecule has 9 heteroatoms. The number of hydrogen-bond acceptors (Lipinski definition) is 7. The van der Waals surface area contributed by atoms with E-state index in [1.165, 1.54) is 0 Å². The molecule has 2 saturated heterocycles. The number of piperazine rings is 2. The fourth-order valence-electron chi connectivity index (χ4n) is 3.25. The molecule has 0 spiro atoms. The van der Waals surface area contributed by atoms with Crippen molar-refractivity contribution in [1.29, 1.82) is 0 Å². The maximum atomic E-state index is 4.81. The summed E-state index contributed by atoms with van der Waals surface area (Å²) in [6, 6.07) is 0. The third-order valence-corrected chi connectivity index (χ3v) is 4.91. The Morgan fingerprint density at radius 2 is 1.13 bits per heavy atom. The maximum absolute atomic E-state index is 4.81. The van der Waals surface area contributed by atoms with Crippen molar-refractivity contribution >= 4 is 22.9 Å². The highest BCUT2D eigenvalue weighted by molar-refractivity contribution is 5.74. The van der Waals surface area contributed by atoms with Crippen LogP contribution >= 0.6 is 0 Å². The van der Waals surface area contributed by atoms with Crippen LogP contribution in [0.2, 0.25) is 0 Å². The average Bonchev–Trinajstić information content (AvgIpc) is 3.03. The Morgan fingerprint density at radius 3 is 1.52 bits per heavy atom. The molecule has 0 bridgehead atoms. The van der Waals surface area contributed by atoms with E-state index in [2.05, 4.69) is 34.2 Å². The van der Waals surface area contributed by atoms with Gasteiger partial charge in [-0.2, -0.15) is 0 Å². The second kappa shape index (κ2) is 5.89. The smallest absolute Gasteiger partial charge is 0.245 e. The molecule has 124 valence electrons. The third kappa shape index (κ3) is 2.81. The average molecular weight is 320 g/mol. The van der Waals surface area contributed by atoms with Gasteiger partial charge in [-0.05, 0) is 10.3 Å². The van der Waals surface area contributed by atoms with Crippen molar-refractivity contribution in [3.05, 3.63) is 0 Å². The molecule has 0 aromatic carbocycles. The van der Waals surface area contributed by atoms with Crippen LogP contribution in [0.5, 0.6) is 0 Å². The standard InChI is InChI=1S/C14H22N8O/c1-19-3-7-21(8-4-19)13-14(22-9-5-20(2)6-10-22)16-12-11(15-13)17-23-18-12/h3-10H2,1-2H3/p+2. The van der Waals surface area contributed by atoms with Gasteiger partial charge in [-0.3, -0.25) is 0 Å². The Kier molecular flexibility index (Phi) is 3.74. The van der Waals surface area contributed by atoms with E-state index in [1.54, 1.807) is 9.80 Å². The first kappa shape index (κ1) is 14.6. The lowest BCUT2D eigenvalue weighted by Gasteiger charge is -2.35. The lowest BCUT2D eigenvalue weighted by atomic mass is 10.3. The molecule has 0 atom stereocenters. The Morgan fingerprint density at radius 1 is 0.739 bits per heavy atom. The van der Waals surface area contributed by atoms with Gasteiger partial charge in [0.05, 0.1) is 66.5 Å². The van der Waals surface area contributed by atoms with Gasteiger partial charge in [0.25, 0.3) is 0 Å². The van der Waals surface area contributed by atoms with Gasteiger partial charge in [-0.15, -0.1) is 0 Å². The van der Waals surface area contributed by atoms with Crippen LogP contribution in [-0.2, 0) is 0 Å². The maximum Gasteiger partial charge on any atom is 0.245 e. The Balaban J connectivity index is 1.70. The molecule has 4 rings (SSSR count). The molecule has 2 aromatic rings.